The topological polar surface area (TPSA) is 157 Å². The summed E-state index contributed by atoms with van der Waals surface area (Å²) in [6, 6.07) is 0. The Morgan fingerprint density at radius 1 is 1.31 bits per heavy atom. The SMILES string of the molecule is O=P(O)(O)O[C@@H]1O[C@H]([C@H](O)CO)[C@H](O)[C@H]1O. The maximum Gasteiger partial charge on any atom is 0.472 e. The van der Waals surface area contributed by atoms with Crippen LogP contribution in [0.15, 0.2) is 0 Å². The lowest BCUT2D eigenvalue weighted by atomic mass is 10.1. The van der Waals surface area contributed by atoms with Gasteiger partial charge in [0.2, 0.25) is 0 Å². The third-order valence-corrected chi connectivity index (χ3v) is 2.55. The molecule has 0 aromatic heterocycles. The van der Waals surface area contributed by atoms with Gasteiger partial charge in [-0.1, -0.05) is 0 Å². The molecule has 0 bridgehead atoms. The van der Waals surface area contributed by atoms with Crippen molar-refractivity contribution in [2.24, 2.45) is 0 Å². The first kappa shape index (κ1) is 14.0. The van der Waals surface area contributed by atoms with Crippen LogP contribution in [0.25, 0.3) is 0 Å². The van der Waals surface area contributed by atoms with Crippen molar-refractivity contribution in [1.82, 2.24) is 0 Å². The van der Waals surface area contributed by atoms with E-state index in [1.165, 1.54) is 0 Å². The minimum absolute atomic E-state index is 0.739. The van der Waals surface area contributed by atoms with E-state index in [-0.39, 0.29) is 0 Å². The van der Waals surface area contributed by atoms with E-state index in [0.717, 1.165) is 0 Å². The van der Waals surface area contributed by atoms with Crippen molar-refractivity contribution in [3.05, 3.63) is 0 Å². The molecule has 0 spiro atoms. The van der Waals surface area contributed by atoms with Crippen molar-refractivity contribution in [3.63, 3.8) is 0 Å². The van der Waals surface area contributed by atoms with Gasteiger partial charge < -0.3 is 34.9 Å². The van der Waals surface area contributed by atoms with Gasteiger partial charge in [0.1, 0.15) is 24.4 Å². The van der Waals surface area contributed by atoms with Gasteiger partial charge in [-0.3, -0.25) is 4.52 Å². The van der Waals surface area contributed by atoms with E-state index in [4.69, 9.17) is 24.7 Å². The van der Waals surface area contributed by atoms with Gasteiger partial charge >= 0.3 is 7.82 Å². The Bertz CT molecular complexity index is 277. The highest BCUT2D eigenvalue weighted by Gasteiger charge is 2.48. The Labute approximate surface area is 90.1 Å². The summed E-state index contributed by atoms with van der Waals surface area (Å²) in [5.74, 6) is 0. The summed E-state index contributed by atoms with van der Waals surface area (Å²) < 4.78 is 19.2. The molecule has 1 aliphatic heterocycles. The molecular weight excluding hydrogens is 247 g/mol. The van der Waals surface area contributed by atoms with Crippen molar-refractivity contribution in [3.8, 4) is 0 Å². The smallest absolute Gasteiger partial charge is 0.394 e. The largest absolute Gasteiger partial charge is 0.472 e. The minimum atomic E-state index is -4.88. The van der Waals surface area contributed by atoms with Crippen LogP contribution in [0, 0.1) is 0 Å². The van der Waals surface area contributed by atoms with Gasteiger partial charge in [0.05, 0.1) is 6.61 Å². The predicted octanol–water partition coefficient (Wildman–Crippen LogP) is -3.10. The highest BCUT2D eigenvalue weighted by atomic mass is 31.2. The quantitative estimate of drug-likeness (QED) is 0.288. The lowest BCUT2D eigenvalue weighted by molar-refractivity contribution is -0.144. The number of phosphoric ester groups is 1. The van der Waals surface area contributed by atoms with Gasteiger partial charge in [-0.15, -0.1) is 0 Å². The summed E-state index contributed by atoms with van der Waals surface area (Å²) >= 11 is 0. The van der Waals surface area contributed by atoms with Crippen molar-refractivity contribution in [1.29, 1.82) is 0 Å². The molecule has 96 valence electrons. The van der Waals surface area contributed by atoms with Crippen LogP contribution in [0.4, 0.5) is 0 Å². The Kier molecular flexibility index (Phi) is 4.41. The molecular formula is C6H13O9P. The monoisotopic (exact) mass is 260 g/mol. The zero-order valence-electron chi connectivity index (χ0n) is 7.95. The van der Waals surface area contributed by atoms with E-state index in [0.29, 0.717) is 0 Å². The van der Waals surface area contributed by atoms with Crippen LogP contribution < -0.4 is 0 Å². The van der Waals surface area contributed by atoms with Gasteiger partial charge in [-0.25, -0.2) is 4.57 Å². The van der Waals surface area contributed by atoms with Gasteiger partial charge in [0.25, 0.3) is 0 Å². The Hall–Kier alpha value is -0.0900. The third kappa shape index (κ3) is 3.20. The van der Waals surface area contributed by atoms with Gasteiger partial charge in [-0.2, -0.15) is 0 Å². The fourth-order valence-corrected chi connectivity index (χ4v) is 1.76. The molecule has 5 atom stereocenters. The Balaban J connectivity index is 2.68. The van der Waals surface area contributed by atoms with E-state index in [1.54, 1.807) is 0 Å². The van der Waals surface area contributed by atoms with E-state index in [2.05, 4.69) is 4.52 Å². The van der Waals surface area contributed by atoms with Crippen molar-refractivity contribution >= 4 is 7.82 Å². The summed E-state index contributed by atoms with van der Waals surface area (Å²) in [4.78, 5) is 16.9. The fourth-order valence-electron chi connectivity index (χ4n) is 1.32. The molecule has 1 heterocycles. The van der Waals surface area contributed by atoms with Gasteiger partial charge in [0, 0.05) is 0 Å². The van der Waals surface area contributed by atoms with Crippen molar-refractivity contribution < 1.29 is 44.0 Å². The average molecular weight is 260 g/mol. The van der Waals surface area contributed by atoms with E-state index in [1.807, 2.05) is 0 Å². The molecule has 0 amide bonds. The van der Waals surface area contributed by atoms with Crippen LogP contribution >= 0.6 is 7.82 Å². The predicted molar refractivity (Wildman–Crippen MR) is 46.9 cm³/mol. The number of ether oxygens (including phenoxy) is 1. The first-order chi connectivity index (χ1) is 7.26. The molecule has 6 N–H and O–H groups in total. The highest BCUT2D eigenvalue weighted by molar-refractivity contribution is 7.46. The first-order valence-electron chi connectivity index (χ1n) is 4.30. The Morgan fingerprint density at radius 2 is 1.88 bits per heavy atom. The van der Waals surface area contributed by atoms with Gasteiger partial charge in [-0.05, 0) is 0 Å². The molecule has 1 fully saturated rings. The maximum absolute atomic E-state index is 10.5. The normalized spacial score (nSPS) is 37.6. The molecule has 1 saturated heterocycles. The minimum Gasteiger partial charge on any atom is -0.394 e. The highest BCUT2D eigenvalue weighted by Crippen LogP contribution is 2.41. The van der Waals surface area contributed by atoms with Crippen molar-refractivity contribution in [2.75, 3.05) is 6.61 Å². The first-order valence-corrected chi connectivity index (χ1v) is 5.83. The van der Waals surface area contributed by atoms with E-state index >= 15 is 0 Å². The molecule has 10 heteroatoms. The zero-order valence-corrected chi connectivity index (χ0v) is 8.84. The molecule has 16 heavy (non-hydrogen) atoms. The van der Waals surface area contributed by atoms with Crippen LogP contribution in [0.5, 0.6) is 0 Å². The lowest BCUT2D eigenvalue weighted by Gasteiger charge is -2.18. The number of aliphatic hydroxyl groups excluding tert-OH is 4. The molecule has 1 rings (SSSR count). The molecule has 1 aliphatic rings. The van der Waals surface area contributed by atoms with E-state index in [9.17, 15) is 14.8 Å². The maximum atomic E-state index is 10.5. The number of hydrogen-bond donors (Lipinski definition) is 6. The molecule has 0 unspecified atom stereocenters. The molecule has 0 aromatic rings. The summed E-state index contributed by atoms with van der Waals surface area (Å²) in [6.07, 6.45) is -7.97. The number of phosphoric acid groups is 1. The summed E-state index contributed by atoms with van der Waals surface area (Å²) in [7, 11) is -4.88. The molecule has 9 nitrogen and oxygen atoms in total. The second-order valence-corrected chi connectivity index (χ2v) is 4.49. The van der Waals surface area contributed by atoms with Gasteiger partial charge in [0.15, 0.2) is 6.29 Å². The average Bonchev–Trinajstić information content (AvgIpc) is 2.43. The van der Waals surface area contributed by atoms with Crippen LogP contribution in [-0.2, 0) is 13.8 Å². The van der Waals surface area contributed by atoms with Crippen LogP contribution in [-0.4, -0.2) is 67.5 Å². The summed E-state index contributed by atoms with van der Waals surface area (Å²) in [5.41, 5.74) is 0. The van der Waals surface area contributed by atoms with Crippen LogP contribution in [0.2, 0.25) is 0 Å². The standard InChI is InChI=1S/C6H13O9P/c7-1-2(8)5-3(9)4(10)6(14-5)15-16(11,12)13/h2-10H,1H2,(H2,11,12,13)/t2-,3-,4-,5-,6+/m1/s1. The fraction of sp³-hybridized carbons (Fsp3) is 1.00. The number of hydrogen-bond acceptors (Lipinski definition) is 7. The number of aliphatic hydroxyl groups is 4. The molecule has 0 aliphatic carbocycles. The third-order valence-electron chi connectivity index (χ3n) is 2.06. The van der Waals surface area contributed by atoms with Crippen LogP contribution in [0.3, 0.4) is 0 Å². The molecule has 0 aromatic carbocycles. The summed E-state index contributed by atoms with van der Waals surface area (Å²) in [5, 5.41) is 36.4. The number of rotatable bonds is 4. The molecule has 0 radical (unpaired) electrons. The zero-order chi connectivity index (χ0) is 12.5. The molecule has 0 saturated carbocycles. The Morgan fingerprint density at radius 3 is 2.31 bits per heavy atom. The second kappa shape index (κ2) is 5.05. The van der Waals surface area contributed by atoms with Crippen molar-refractivity contribution in [2.45, 2.75) is 30.7 Å². The van der Waals surface area contributed by atoms with E-state index < -0.39 is 45.1 Å². The second-order valence-electron chi connectivity index (χ2n) is 3.30. The lowest BCUT2D eigenvalue weighted by Crippen LogP contribution is -2.40. The summed E-state index contributed by atoms with van der Waals surface area (Å²) in [6.45, 7) is -0.739. The van der Waals surface area contributed by atoms with Crippen LogP contribution in [0.1, 0.15) is 0 Å².